The maximum Gasteiger partial charge on any atom is 0.194 e. The topological polar surface area (TPSA) is 20.2 Å². The zero-order chi connectivity index (χ0) is 11.4. The van der Waals surface area contributed by atoms with Crippen LogP contribution in [0.15, 0.2) is 12.1 Å². The number of halogens is 3. The lowest BCUT2D eigenvalue weighted by Gasteiger charge is -2.09. The van der Waals surface area contributed by atoms with Gasteiger partial charge in [0.05, 0.1) is 6.10 Å². The van der Waals surface area contributed by atoms with Crippen molar-refractivity contribution in [2.24, 2.45) is 0 Å². The van der Waals surface area contributed by atoms with Crippen LogP contribution in [0.5, 0.6) is 0 Å². The fourth-order valence-corrected chi connectivity index (χ4v) is 1.15. The number of hydrogen-bond donors (Lipinski definition) is 1. The lowest BCUT2D eigenvalue weighted by Crippen LogP contribution is -2.01. The molecule has 15 heavy (non-hydrogen) atoms. The maximum atomic E-state index is 12.8. The van der Waals surface area contributed by atoms with Crippen molar-refractivity contribution in [2.45, 2.75) is 18.9 Å². The third kappa shape index (κ3) is 2.74. The van der Waals surface area contributed by atoms with Crippen molar-refractivity contribution in [2.75, 3.05) is 0 Å². The van der Waals surface area contributed by atoms with Gasteiger partial charge < -0.3 is 5.11 Å². The monoisotopic (exact) mass is 214 g/mol. The summed E-state index contributed by atoms with van der Waals surface area (Å²) in [6, 6.07) is 1.53. The van der Waals surface area contributed by atoms with Crippen molar-refractivity contribution in [3.63, 3.8) is 0 Å². The summed E-state index contributed by atoms with van der Waals surface area (Å²) in [7, 11) is 0. The molecule has 0 aliphatic carbocycles. The zero-order valence-electron chi connectivity index (χ0n) is 7.80. The Morgan fingerprint density at radius 2 is 1.80 bits per heavy atom. The Hall–Kier alpha value is -1.47. The minimum Gasteiger partial charge on any atom is -0.388 e. The number of benzene rings is 1. The first-order valence-electron chi connectivity index (χ1n) is 4.32. The summed E-state index contributed by atoms with van der Waals surface area (Å²) in [6.07, 6.45) is 4.35. The zero-order valence-corrected chi connectivity index (χ0v) is 7.80. The standard InChI is InChI=1S/C11H9F3O/c1-2-3-4-10(15)7-5-8(12)11(14)9(13)6-7/h1,5-6,10,15H,3-4H2. The molecule has 1 N–H and O–H groups in total. The van der Waals surface area contributed by atoms with Crippen molar-refractivity contribution in [3.8, 4) is 12.3 Å². The van der Waals surface area contributed by atoms with Crippen molar-refractivity contribution < 1.29 is 18.3 Å². The average molecular weight is 214 g/mol. The molecule has 0 bridgehead atoms. The first-order chi connectivity index (χ1) is 7.06. The highest BCUT2D eigenvalue weighted by molar-refractivity contribution is 5.21. The molecule has 0 aromatic heterocycles. The van der Waals surface area contributed by atoms with Gasteiger partial charge in [0, 0.05) is 6.42 Å². The first kappa shape index (κ1) is 11.6. The third-order valence-corrected chi connectivity index (χ3v) is 1.95. The number of hydrogen-bond acceptors (Lipinski definition) is 1. The molecule has 1 rings (SSSR count). The van der Waals surface area contributed by atoms with Crippen LogP contribution >= 0.6 is 0 Å². The molecule has 0 aliphatic heterocycles. The highest BCUT2D eigenvalue weighted by atomic mass is 19.2. The molecular formula is C11H9F3O. The van der Waals surface area contributed by atoms with Crippen LogP contribution < -0.4 is 0 Å². The lowest BCUT2D eigenvalue weighted by molar-refractivity contribution is 0.168. The predicted octanol–water partition coefficient (Wildman–Crippen LogP) is 2.55. The number of terminal acetylenes is 1. The van der Waals surface area contributed by atoms with Gasteiger partial charge in [-0.2, -0.15) is 0 Å². The van der Waals surface area contributed by atoms with E-state index in [1.807, 2.05) is 0 Å². The molecule has 0 aliphatic rings. The maximum absolute atomic E-state index is 12.8. The van der Waals surface area contributed by atoms with Gasteiger partial charge in [0.15, 0.2) is 17.5 Å². The molecule has 1 aromatic carbocycles. The van der Waals surface area contributed by atoms with Crippen LogP contribution in [0, 0.1) is 29.8 Å². The van der Waals surface area contributed by atoms with Crippen LogP contribution in [0.4, 0.5) is 13.2 Å². The van der Waals surface area contributed by atoms with Crippen molar-refractivity contribution in [3.05, 3.63) is 35.1 Å². The minimum atomic E-state index is -1.54. The highest BCUT2D eigenvalue weighted by Crippen LogP contribution is 2.22. The van der Waals surface area contributed by atoms with Gasteiger partial charge in [-0.15, -0.1) is 12.3 Å². The van der Waals surface area contributed by atoms with Gasteiger partial charge in [-0.3, -0.25) is 0 Å². The first-order valence-corrected chi connectivity index (χ1v) is 4.32. The van der Waals surface area contributed by atoms with Crippen LogP contribution in [-0.4, -0.2) is 5.11 Å². The van der Waals surface area contributed by atoms with E-state index < -0.39 is 23.6 Å². The lowest BCUT2D eigenvalue weighted by atomic mass is 10.0. The van der Waals surface area contributed by atoms with Gasteiger partial charge in [0.1, 0.15) is 0 Å². The Morgan fingerprint density at radius 1 is 1.27 bits per heavy atom. The Morgan fingerprint density at radius 3 is 2.27 bits per heavy atom. The van der Waals surface area contributed by atoms with E-state index >= 15 is 0 Å². The summed E-state index contributed by atoms with van der Waals surface area (Å²) < 4.78 is 38.1. The molecule has 4 heteroatoms. The van der Waals surface area contributed by atoms with E-state index in [-0.39, 0.29) is 18.4 Å². The summed E-state index contributed by atoms with van der Waals surface area (Å²) in [5, 5.41) is 9.44. The van der Waals surface area contributed by atoms with E-state index in [9.17, 15) is 18.3 Å². The molecule has 0 saturated carbocycles. The molecule has 0 amide bonds. The second-order valence-corrected chi connectivity index (χ2v) is 3.06. The molecule has 0 spiro atoms. The van der Waals surface area contributed by atoms with Gasteiger partial charge in [-0.05, 0) is 24.1 Å². The normalized spacial score (nSPS) is 12.2. The molecule has 0 saturated heterocycles. The smallest absolute Gasteiger partial charge is 0.194 e. The van der Waals surface area contributed by atoms with Crippen LogP contribution in [0.25, 0.3) is 0 Å². The van der Waals surface area contributed by atoms with Crippen LogP contribution in [0.2, 0.25) is 0 Å². The fraction of sp³-hybridized carbons (Fsp3) is 0.273. The fourth-order valence-electron chi connectivity index (χ4n) is 1.15. The number of aliphatic hydroxyl groups is 1. The largest absolute Gasteiger partial charge is 0.388 e. The second-order valence-electron chi connectivity index (χ2n) is 3.06. The van der Waals surface area contributed by atoms with E-state index in [0.29, 0.717) is 0 Å². The average Bonchev–Trinajstić information content (AvgIpc) is 2.21. The molecule has 0 radical (unpaired) electrons. The molecule has 1 unspecified atom stereocenters. The van der Waals surface area contributed by atoms with Gasteiger partial charge in [0.2, 0.25) is 0 Å². The Labute approximate surface area is 85.5 Å². The van der Waals surface area contributed by atoms with Gasteiger partial charge in [-0.25, -0.2) is 13.2 Å². The number of rotatable bonds is 3. The van der Waals surface area contributed by atoms with Crippen molar-refractivity contribution >= 4 is 0 Å². The van der Waals surface area contributed by atoms with E-state index in [1.54, 1.807) is 0 Å². The van der Waals surface area contributed by atoms with Crippen LogP contribution in [-0.2, 0) is 0 Å². The summed E-state index contributed by atoms with van der Waals surface area (Å²) in [5.41, 5.74) is -0.0124. The Balaban J connectivity index is 2.91. The predicted molar refractivity (Wildman–Crippen MR) is 49.3 cm³/mol. The van der Waals surface area contributed by atoms with Gasteiger partial charge in [-0.1, -0.05) is 0 Å². The van der Waals surface area contributed by atoms with E-state index in [4.69, 9.17) is 6.42 Å². The number of aliphatic hydroxyl groups excluding tert-OH is 1. The molecule has 1 aromatic rings. The molecule has 1 nitrogen and oxygen atoms in total. The quantitative estimate of drug-likeness (QED) is 0.605. The Kier molecular flexibility index (Phi) is 3.75. The van der Waals surface area contributed by atoms with Crippen LogP contribution in [0.1, 0.15) is 24.5 Å². The third-order valence-electron chi connectivity index (χ3n) is 1.95. The van der Waals surface area contributed by atoms with Crippen molar-refractivity contribution in [1.29, 1.82) is 0 Å². The molecule has 0 fully saturated rings. The van der Waals surface area contributed by atoms with E-state index in [0.717, 1.165) is 12.1 Å². The van der Waals surface area contributed by atoms with E-state index in [1.165, 1.54) is 0 Å². The van der Waals surface area contributed by atoms with Gasteiger partial charge >= 0.3 is 0 Å². The summed E-state index contributed by atoms with van der Waals surface area (Å²) in [5.74, 6) is -1.88. The summed E-state index contributed by atoms with van der Waals surface area (Å²) in [4.78, 5) is 0. The molecule has 0 heterocycles. The molecular weight excluding hydrogens is 205 g/mol. The minimum absolute atomic E-state index is 0.0124. The van der Waals surface area contributed by atoms with Gasteiger partial charge in [0.25, 0.3) is 0 Å². The summed E-state index contributed by atoms with van der Waals surface area (Å²) in [6.45, 7) is 0. The molecule has 1 atom stereocenters. The second kappa shape index (κ2) is 4.85. The van der Waals surface area contributed by atoms with Crippen molar-refractivity contribution in [1.82, 2.24) is 0 Å². The summed E-state index contributed by atoms with van der Waals surface area (Å²) >= 11 is 0. The highest BCUT2D eigenvalue weighted by Gasteiger charge is 2.14. The SMILES string of the molecule is C#CCCC(O)c1cc(F)c(F)c(F)c1. The van der Waals surface area contributed by atoms with E-state index in [2.05, 4.69) is 5.92 Å². The molecule has 80 valence electrons. The Bertz CT molecular complexity index is 372. The van der Waals surface area contributed by atoms with Crippen LogP contribution in [0.3, 0.4) is 0 Å².